The van der Waals surface area contributed by atoms with Gasteiger partial charge in [0.2, 0.25) is 0 Å². The number of alkyl halides is 1. The Morgan fingerprint density at radius 2 is 1.90 bits per heavy atom. The minimum absolute atomic E-state index is 0.0827. The van der Waals surface area contributed by atoms with Crippen LogP contribution in [0, 0.1) is 5.82 Å². The number of hydrogen-bond acceptors (Lipinski definition) is 3. The molecule has 4 nitrogen and oxygen atoms in total. The van der Waals surface area contributed by atoms with Crippen molar-refractivity contribution in [3.8, 4) is 0 Å². The number of aromatic nitrogens is 2. The minimum Gasteiger partial charge on any atom is -0.308 e. The average molecular weight is 331 g/mol. The van der Waals surface area contributed by atoms with Gasteiger partial charge in [-0.3, -0.25) is 0 Å². The lowest BCUT2D eigenvalue weighted by atomic mass is 10.3. The van der Waals surface area contributed by atoms with Crippen LogP contribution in [0.25, 0.3) is 11.0 Å². The Balaban J connectivity index is 2.14. The molecule has 1 atom stereocenters. The van der Waals surface area contributed by atoms with Crippen LogP contribution in [0.5, 0.6) is 0 Å². The normalized spacial score (nSPS) is 18.4. The van der Waals surface area contributed by atoms with Crippen LogP contribution in [0.4, 0.5) is 4.39 Å². The SMILES string of the molecule is CC(Cl)c1nc2cc(Cl)c(F)cc2n1N1CCN(C)CC1. The zero-order chi connectivity index (χ0) is 15.1. The summed E-state index contributed by atoms with van der Waals surface area (Å²) in [7, 11) is 2.09. The summed E-state index contributed by atoms with van der Waals surface area (Å²) in [5.74, 6) is 0.283. The molecule has 0 spiro atoms. The summed E-state index contributed by atoms with van der Waals surface area (Å²) in [6.45, 7) is 5.47. The van der Waals surface area contributed by atoms with Crippen molar-refractivity contribution in [3.63, 3.8) is 0 Å². The molecule has 1 aliphatic heterocycles. The van der Waals surface area contributed by atoms with Crippen molar-refractivity contribution in [3.05, 3.63) is 28.8 Å². The second-order valence-corrected chi connectivity index (χ2v) is 6.47. The van der Waals surface area contributed by atoms with Crippen molar-refractivity contribution in [2.45, 2.75) is 12.3 Å². The van der Waals surface area contributed by atoms with E-state index in [-0.39, 0.29) is 10.4 Å². The quantitative estimate of drug-likeness (QED) is 0.791. The van der Waals surface area contributed by atoms with Crippen molar-refractivity contribution in [2.75, 3.05) is 38.2 Å². The summed E-state index contributed by atoms with van der Waals surface area (Å²) in [5, 5.41) is 1.98. The zero-order valence-corrected chi connectivity index (χ0v) is 13.5. The molecular formula is C14H17Cl2FN4. The smallest absolute Gasteiger partial charge is 0.146 e. The van der Waals surface area contributed by atoms with Crippen LogP contribution in [0.3, 0.4) is 0 Å². The predicted molar refractivity (Wildman–Crippen MR) is 84.4 cm³/mol. The molecule has 1 aromatic carbocycles. The van der Waals surface area contributed by atoms with E-state index in [9.17, 15) is 4.39 Å². The maximum Gasteiger partial charge on any atom is 0.146 e. The monoisotopic (exact) mass is 330 g/mol. The molecule has 1 saturated heterocycles. The molecule has 114 valence electrons. The number of nitrogens with zero attached hydrogens (tertiary/aromatic N) is 4. The van der Waals surface area contributed by atoms with Crippen molar-refractivity contribution in [1.29, 1.82) is 0 Å². The Bertz CT molecular complexity index is 663. The second-order valence-electron chi connectivity index (χ2n) is 5.41. The van der Waals surface area contributed by atoms with E-state index in [1.54, 1.807) is 6.07 Å². The number of halogens is 3. The lowest BCUT2D eigenvalue weighted by Gasteiger charge is -2.35. The highest BCUT2D eigenvalue weighted by atomic mass is 35.5. The van der Waals surface area contributed by atoms with Crippen molar-refractivity contribution < 1.29 is 4.39 Å². The molecular weight excluding hydrogens is 314 g/mol. The number of piperazine rings is 1. The summed E-state index contributed by atoms with van der Waals surface area (Å²) in [4.78, 5) is 6.79. The van der Waals surface area contributed by atoms with Gasteiger partial charge in [-0.25, -0.2) is 14.1 Å². The van der Waals surface area contributed by atoms with Crippen LogP contribution in [-0.4, -0.2) is 47.8 Å². The second kappa shape index (κ2) is 5.63. The molecule has 21 heavy (non-hydrogen) atoms. The molecule has 0 radical (unpaired) electrons. The van der Waals surface area contributed by atoms with Gasteiger partial charge in [-0.1, -0.05) is 11.6 Å². The highest BCUT2D eigenvalue weighted by molar-refractivity contribution is 6.31. The maximum absolute atomic E-state index is 13.8. The molecule has 0 saturated carbocycles. The van der Waals surface area contributed by atoms with Crippen LogP contribution in [0.15, 0.2) is 12.1 Å². The highest BCUT2D eigenvalue weighted by Crippen LogP contribution is 2.28. The van der Waals surface area contributed by atoms with Gasteiger partial charge in [-0.05, 0) is 20.0 Å². The van der Waals surface area contributed by atoms with Crippen LogP contribution < -0.4 is 5.01 Å². The molecule has 2 aromatic rings. The third kappa shape index (κ3) is 2.70. The maximum atomic E-state index is 13.8. The van der Waals surface area contributed by atoms with Crippen LogP contribution in [0.1, 0.15) is 18.1 Å². The van der Waals surface area contributed by atoms with E-state index in [1.807, 2.05) is 11.6 Å². The van der Waals surface area contributed by atoms with Crippen molar-refractivity contribution in [2.24, 2.45) is 0 Å². The molecule has 1 aromatic heterocycles. The predicted octanol–water partition coefficient (Wildman–Crippen LogP) is 3.01. The van der Waals surface area contributed by atoms with Gasteiger partial charge in [-0.2, -0.15) is 0 Å². The molecule has 1 aliphatic rings. The molecule has 1 fully saturated rings. The number of rotatable bonds is 2. The van der Waals surface area contributed by atoms with Gasteiger partial charge in [0, 0.05) is 32.2 Å². The summed E-state index contributed by atoms with van der Waals surface area (Å²) in [5.41, 5.74) is 1.38. The minimum atomic E-state index is -0.437. The lowest BCUT2D eigenvalue weighted by molar-refractivity contribution is 0.287. The first-order chi connectivity index (χ1) is 9.97. The van der Waals surface area contributed by atoms with E-state index in [4.69, 9.17) is 23.2 Å². The third-order valence-electron chi connectivity index (χ3n) is 3.82. The van der Waals surface area contributed by atoms with Crippen LogP contribution in [0.2, 0.25) is 5.02 Å². The number of hydrogen-bond donors (Lipinski definition) is 0. The molecule has 0 bridgehead atoms. The fourth-order valence-electron chi connectivity index (χ4n) is 2.63. The summed E-state index contributed by atoms with van der Waals surface area (Å²) < 4.78 is 15.8. The van der Waals surface area contributed by atoms with E-state index in [1.165, 1.54) is 6.07 Å². The van der Waals surface area contributed by atoms with Crippen molar-refractivity contribution in [1.82, 2.24) is 14.6 Å². The fraction of sp³-hybridized carbons (Fsp3) is 0.500. The summed E-state index contributed by atoms with van der Waals surface area (Å²) in [6, 6.07) is 2.99. The molecule has 0 N–H and O–H groups in total. The Kier molecular flexibility index (Phi) is 3.99. The van der Waals surface area contributed by atoms with Gasteiger partial charge in [0.15, 0.2) is 0 Å². The van der Waals surface area contributed by atoms with Gasteiger partial charge in [0.1, 0.15) is 11.6 Å². The first-order valence-electron chi connectivity index (χ1n) is 6.92. The molecule has 0 aliphatic carbocycles. The molecule has 1 unspecified atom stereocenters. The van der Waals surface area contributed by atoms with Gasteiger partial charge in [0.05, 0.1) is 21.4 Å². The zero-order valence-electron chi connectivity index (χ0n) is 12.0. The largest absolute Gasteiger partial charge is 0.308 e. The van der Waals surface area contributed by atoms with Crippen molar-refractivity contribution >= 4 is 34.2 Å². The van der Waals surface area contributed by atoms with Gasteiger partial charge in [0.25, 0.3) is 0 Å². The van der Waals surface area contributed by atoms with E-state index < -0.39 is 5.82 Å². The Morgan fingerprint density at radius 3 is 2.52 bits per heavy atom. The summed E-state index contributed by atoms with van der Waals surface area (Å²) >= 11 is 12.1. The number of fused-ring (bicyclic) bond motifs is 1. The average Bonchev–Trinajstić information content (AvgIpc) is 2.79. The van der Waals surface area contributed by atoms with E-state index in [0.29, 0.717) is 11.0 Å². The Hall–Kier alpha value is -1.04. The lowest BCUT2D eigenvalue weighted by Crippen LogP contribution is -2.50. The third-order valence-corrected chi connectivity index (χ3v) is 4.30. The number of benzene rings is 1. The fourth-order valence-corrected chi connectivity index (χ4v) is 2.93. The Morgan fingerprint density at radius 1 is 1.24 bits per heavy atom. The van der Waals surface area contributed by atoms with Gasteiger partial charge >= 0.3 is 0 Å². The van der Waals surface area contributed by atoms with E-state index in [2.05, 4.69) is 21.9 Å². The van der Waals surface area contributed by atoms with E-state index >= 15 is 0 Å². The van der Waals surface area contributed by atoms with Gasteiger partial charge in [-0.15, -0.1) is 11.6 Å². The first kappa shape index (κ1) is 14.9. The molecule has 3 rings (SSSR count). The standard InChI is InChI=1S/C14H17Cl2FN4/c1-9(15)14-18-12-7-10(16)11(17)8-13(12)21(14)20-5-3-19(2)4-6-20/h7-9H,3-6H2,1-2H3. The molecule has 0 amide bonds. The van der Waals surface area contributed by atoms with Crippen LogP contribution in [-0.2, 0) is 0 Å². The number of imidazole rings is 1. The Labute approximate surface area is 133 Å². The van der Waals surface area contributed by atoms with Crippen LogP contribution >= 0.6 is 23.2 Å². The topological polar surface area (TPSA) is 24.3 Å². The molecule has 7 heteroatoms. The summed E-state index contributed by atoms with van der Waals surface area (Å²) in [6.07, 6.45) is 0. The van der Waals surface area contributed by atoms with E-state index in [0.717, 1.165) is 32.0 Å². The first-order valence-corrected chi connectivity index (χ1v) is 7.74. The van der Waals surface area contributed by atoms with Gasteiger partial charge < -0.3 is 9.91 Å². The highest BCUT2D eigenvalue weighted by Gasteiger charge is 2.23. The molecule has 2 heterocycles. The number of likely N-dealkylation sites (N-methyl/N-ethyl adjacent to an activating group) is 1.